The second-order valence-electron chi connectivity index (χ2n) is 8.17. The van der Waals surface area contributed by atoms with Crippen LogP contribution in [0.1, 0.15) is 12.8 Å². The monoisotopic (exact) mass is 464 g/mol. The van der Waals surface area contributed by atoms with Gasteiger partial charge in [-0.05, 0) is 37.2 Å². The van der Waals surface area contributed by atoms with E-state index in [1.165, 1.54) is 13.3 Å². The van der Waals surface area contributed by atoms with E-state index in [0.29, 0.717) is 66.6 Å². The Bertz CT molecular complexity index is 1320. The minimum absolute atomic E-state index is 0.00754. The molecule has 34 heavy (non-hydrogen) atoms. The van der Waals surface area contributed by atoms with E-state index in [-0.39, 0.29) is 30.0 Å². The third kappa shape index (κ3) is 4.29. The predicted molar refractivity (Wildman–Crippen MR) is 124 cm³/mol. The molecule has 1 fully saturated rings. The second kappa shape index (κ2) is 9.10. The van der Waals surface area contributed by atoms with Crippen LogP contribution in [0.4, 0.5) is 11.4 Å². The van der Waals surface area contributed by atoms with E-state index >= 15 is 0 Å². The number of rotatable bonds is 7. The smallest absolute Gasteiger partial charge is 0.270 e. The molecule has 11 heteroatoms. The third-order valence-corrected chi connectivity index (χ3v) is 5.90. The molecule has 1 unspecified atom stereocenters. The molecule has 1 saturated heterocycles. The fourth-order valence-corrected chi connectivity index (χ4v) is 4.23. The van der Waals surface area contributed by atoms with Crippen LogP contribution in [0.25, 0.3) is 11.2 Å². The van der Waals surface area contributed by atoms with Gasteiger partial charge < -0.3 is 25.0 Å². The van der Waals surface area contributed by atoms with Crippen LogP contribution in [0.2, 0.25) is 0 Å². The SMILES string of the molecule is COc1ccc2ncc(=O)n(CCCNC3CC(=O)N(c4ccc5c(c4)NC(=O)CO5)C3)c2n1. The first-order valence-electron chi connectivity index (χ1n) is 11.0. The summed E-state index contributed by atoms with van der Waals surface area (Å²) in [6, 6.07) is 8.80. The summed E-state index contributed by atoms with van der Waals surface area (Å²) in [5.41, 5.74) is 2.17. The van der Waals surface area contributed by atoms with Crippen molar-refractivity contribution in [3.8, 4) is 11.6 Å². The molecule has 0 spiro atoms. The number of hydrogen-bond donors (Lipinski definition) is 2. The van der Waals surface area contributed by atoms with E-state index < -0.39 is 0 Å². The summed E-state index contributed by atoms with van der Waals surface area (Å²) >= 11 is 0. The second-order valence-corrected chi connectivity index (χ2v) is 8.17. The molecule has 3 aromatic rings. The van der Waals surface area contributed by atoms with Crippen LogP contribution < -0.4 is 30.6 Å². The van der Waals surface area contributed by atoms with Gasteiger partial charge in [0.05, 0.1) is 19.0 Å². The number of fused-ring (bicyclic) bond motifs is 2. The molecule has 2 aliphatic rings. The maximum Gasteiger partial charge on any atom is 0.270 e. The number of nitrogens with one attached hydrogen (secondary N) is 2. The fourth-order valence-electron chi connectivity index (χ4n) is 4.23. The summed E-state index contributed by atoms with van der Waals surface area (Å²) < 4.78 is 12.1. The maximum atomic E-state index is 12.6. The molecule has 0 saturated carbocycles. The van der Waals surface area contributed by atoms with E-state index in [2.05, 4.69) is 20.6 Å². The lowest BCUT2D eigenvalue weighted by Crippen LogP contribution is -2.34. The molecule has 2 aromatic heterocycles. The summed E-state index contributed by atoms with van der Waals surface area (Å²) in [5, 5.41) is 6.18. The van der Waals surface area contributed by atoms with E-state index in [1.807, 2.05) is 6.07 Å². The largest absolute Gasteiger partial charge is 0.482 e. The Morgan fingerprint density at radius 2 is 2.12 bits per heavy atom. The van der Waals surface area contributed by atoms with E-state index in [0.717, 1.165) is 0 Å². The minimum Gasteiger partial charge on any atom is -0.482 e. The lowest BCUT2D eigenvalue weighted by atomic mass is 10.2. The topological polar surface area (TPSA) is 128 Å². The number of nitrogens with zero attached hydrogens (tertiary/aromatic N) is 4. The Morgan fingerprint density at radius 1 is 1.24 bits per heavy atom. The van der Waals surface area contributed by atoms with Crippen LogP contribution in [-0.4, -0.2) is 59.2 Å². The molecule has 11 nitrogen and oxygen atoms in total. The zero-order chi connectivity index (χ0) is 23.7. The molecule has 2 amide bonds. The quantitative estimate of drug-likeness (QED) is 0.494. The van der Waals surface area contributed by atoms with Crippen LogP contribution >= 0.6 is 0 Å². The number of benzene rings is 1. The molecule has 0 radical (unpaired) electrons. The van der Waals surface area contributed by atoms with Gasteiger partial charge in [-0.2, -0.15) is 4.98 Å². The van der Waals surface area contributed by atoms with Crippen LogP contribution in [0, 0.1) is 0 Å². The van der Waals surface area contributed by atoms with E-state index in [4.69, 9.17) is 9.47 Å². The maximum absolute atomic E-state index is 12.6. The Kier molecular flexibility index (Phi) is 5.84. The zero-order valence-electron chi connectivity index (χ0n) is 18.6. The number of ether oxygens (including phenoxy) is 2. The lowest BCUT2D eigenvalue weighted by molar-refractivity contribution is -0.118. The first-order valence-corrected chi connectivity index (χ1v) is 11.0. The van der Waals surface area contributed by atoms with Gasteiger partial charge in [0.2, 0.25) is 11.8 Å². The van der Waals surface area contributed by atoms with Gasteiger partial charge >= 0.3 is 0 Å². The van der Waals surface area contributed by atoms with Gasteiger partial charge in [-0.15, -0.1) is 0 Å². The van der Waals surface area contributed by atoms with Gasteiger partial charge in [0.1, 0.15) is 11.3 Å². The predicted octanol–water partition coefficient (Wildman–Crippen LogP) is 0.916. The third-order valence-electron chi connectivity index (χ3n) is 5.90. The van der Waals surface area contributed by atoms with Gasteiger partial charge in [0.15, 0.2) is 12.3 Å². The van der Waals surface area contributed by atoms with Crippen LogP contribution in [0.5, 0.6) is 11.6 Å². The molecule has 2 aliphatic heterocycles. The standard InChI is InChI=1S/C23H24N6O5/c1-33-20-6-4-16-23(27-20)28(22(32)11-25-16)8-2-7-24-14-9-21(31)29(12-14)15-3-5-18-17(10-15)26-19(30)13-34-18/h3-6,10-11,14,24H,2,7-9,12-13H2,1H3,(H,26,30). The van der Waals surface area contributed by atoms with Crippen molar-refractivity contribution in [3.05, 3.63) is 46.9 Å². The number of methoxy groups -OCH3 is 1. The van der Waals surface area contributed by atoms with E-state index in [1.54, 1.807) is 33.7 Å². The Hall–Kier alpha value is -3.99. The van der Waals surface area contributed by atoms with Crippen molar-refractivity contribution in [2.75, 3.05) is 37.0 Å². The van der Waals surface area contributed by atoms with Crippen molar-refractivity contribution >= 4 is 34.4 Å². The highest BCUT2D eigenvalue weighted by Gasteiger charge is 2.31. The summed E-state index contributed by atoms with van der Waals surface area (Å²) in [6.45, 7) is 1.59. The molecule has 176 valence electrons. The van der Waals surface area contributed by atoms with Crippen LogP contribution in [0.15, 0.2) is 41.3 Å². The molecule has 0 bridgehead atoms. The van der Waals surface area contributed by atoms with Gasteiger partial charge in [-0.3, -0.25) is 19.0 Å². The Labute approximate surface area is 194 Å². The van der Waals surface area contributed by atoms with Gasteiger partial charge in [-0.25, -0.2) is 4.98 Å². The van der Waals surface area contributed by atoms with Crippen LogP contribution in [-0.2, 0) is 16.1 Å². The number of aromatic nitrogens is 3. The summed E-state index contributed by atoms with van der Waals surface area (Å²) in [5.74, 6) is 0.806. The van der Waals surface area contributed by atoms with Gasteiger partial charge in [0.25, 0.3) is 11.5 Å². The normalized spacial score (nSPS) is 17.4. The first-order chi connectivity index (χ1) is 16.5. The molecular formula is C23H24N6O5. The van der Waals surface area contributed by atoms with E-state index in [9.17, 15) is 14.4 Å². The summed E-state index contributed by atoms with van der Waals surface area (Å²) in [6.07, 6.45) is 2.34. The molecule has 0 aliphatic carbocycles. The van der Waals surface area contributed by atoms with Crippen molar-refractivity contribution < 1.29 is 19.1 Å². The minimum atomic E-state index is -0.223. The number of amides is 2. The average Bonchev–Trinajstić information content (AvgIpc) is 3.22. The van der Waals surface area contributed by atoms with Crippen molar-refractivity contribution in [2.24, 2.45) is 0 Å². The Balaban J connectivity index is 1.20. The highest BCUT2D eigenvalue weighted by Crippen LogP contribution is 2.33. The summed E-state index contributed by atoms with van der Waals surface area (Å²) in [7, 11) is 1.52. The molecular weight excluding hydrogens is 440 g/mol. The number of carbonyl (C=O) groups is 2. The highest BCUT2D eigenvalue weighted by molar-refractivity contribution is 5.99. The first kappa shape index (κ1) is 21.8. The molecule has 1 atom stereocenters. The molecule has 2 N–H and O–H groups in total. The number of pyridine rings is 1. The number of aryl methyl sites for hydroxylation is 1. The van der Waals surface area contributed by atoms with Crippen molar-refractivity contribution in [1.82, 2.24) is 19.9 Å². The number of anilines is 2. The molecule has 4 heterocycles. The molecule has 5 rings (SSSR count). The Morgan fingerprint density at radius 3 is 2.97 bits per heavy atom. The van der Waals surface area contributed by atoms with Crippen molar-refractivity contribution in [3.63, 3.8) is 0 Å². The van der Waals surface area contributed by atoms with Gasteiger partial charge in [0, 0.05) is 37.3 Å². The zero-order valence-corrected chi connectivity index (χ0v) is 18.6. The lowest BCUT2D eigenvalue weighted by Gasteiger charge is -2.22. The fraction of sp³-hybridized carbons (Fsp3) is 0.348. The number of carbonyl (C=O) groups excluding carboxylic acids is 2. The van der Waals surface area contributed by atoms with Crippen molar-refractivity contribution in [1.29, 1.82) is 0 Å². The van der Waals surface area contributed by atoms with Crippen molar-refractivity contribution in [2.45, 2.75) is 25.4 Å². The number of hydrogen-bond acceptors (Lipinski definition) is 8. The van der Waals surface area contributed by atoms with Crippen LogP contribution in [0.3, 0.4) is 0 Å². The average molecular weight is 464 g/mol. The van der Waals surface area contributed by atoms with Gasteiger partial charge in [-0.1, -0.05) is 0 Å². The molecule has 1 aromatic carbocycles. The summed E-state index contributed by atoms with van der Waals surface area (Å²) in [4.78, 5) is 46.8. The highest BCUT2D eigenvalue weighted by atomic mass is 16.5.